The Balaban J connectivity index is 2.66. The van der Waals surface area contributed by atoms with E-state index in [1.54, 1.807) is 19.2 Å². The van der Waals surface area contributed by atoms with Gasteiger partial charge in [-0.1, -0.05) is 30.3 Å². The van der Waals surface area contributed by atoms with Crippen molar-refractivity contribution in [3.8, 4) is 11.1 Å². The summed E-state index contributed by atoms with van der Waals surface area (Å²) in [7, 11) is 0. The summed E-state index contributed by atoms with van der Waals surface area (Å²) in [4.78, 5) is 14.5. The lowest BCUT2D eigenvalue weighted by Gasteiger charge is -2.04. The van der Waals surface area contributed by atoms with Crippen LogP contribution in [0, 0.1) is 17.0 Å². The Labute approximate surface area is 92.7 Å². The van der Waals surface area contributed by atoms with E-state index in [4.69, 9.17) is 0 Å². The van der Waals surface area contributed by atoms with Crippen LogP contribution in [0.2, 0.25) is 0 Å². The molecule has 2 aromatic rings. The van der Waals surface area contributed by atoms with E-state index >= 15 is 0 Å². The summed E-state index contributed by atoms with van der Waals surface area (Å²) in [5.74, 6) is 0. The summed E-state index contributed by atoms with van der Waals surface area (Å²) in [5.41, 5.74) is 1.96. The summed E-state index contributed by atoms with van der Waals surface area (Å²) >= 11 is 0. The van der Waals surface area contributed by atoms with E-state index < -0.39 is 0 Å². The van der Waals surface area contributed by atoms with Crippen molar-refractivity contribution >= 4 is 5.69 Å². The first-order chi connectivity index (χ1) is 7.70. The maximum absolute atomic E-state index is 11.0. The highest BCUT2D eigenvalue weighted by molar-refractivity contribution is 5.74. The average molecular weight is 214 g/mol. The molecule has 0 atom stereocenters. The van der Waals surface area contributed by atoms with Crippen molar-refractivity contribution in [1.29, 1.82) is 0 Å². The van der Waals surface area contributed by atoms with Gasteiger partial charge in [-0.05, 0) is 18.6 Å². The molecule has 0 spiro atoms. The zero-order chi connectivity index (χ0) is 11.5. The van der Waals surface area contributed by atoms with Gasteiger partial charge in [0.2, 0.25) is 0 Å². The first-order valence-corrected chi connectivity index (χ1v) is 4.85. The molecule has 0 unspecified atom stereocenters. The number of benzene rings is 1. The number of rotatable bonds is 2. The lowest BCUT2D eigenvalue weighted by Crippen LogP contribution is -1.97. The van der Waals surface area contributed by atoms with Crippen LogP contribution in [0.15, 0.2) is 42.6 Å². The van der Waals surface area contributed by atoms with Gasteiger partial charge in [-0.15, -0.1) is 0 Å². The molecule has 2 rings (SSSR count). The Morgan fingerprint density at radius 3 is 2.50 bits per heavy atom. The van der Waals surface area contributed by atoms with Crippen molar-refractivity contribution < 1.29 is 4.92 Å². The van der Waals surface area contributed by atoms with Crippen LogP contribution in [0.3, 0.4) is 0 Å². The summed E-state index contributed by atoms with van der Waals surface area (Å²) in [6, 6.07) is 11.0. The van der Waals surface area contributed by atoms with Crippen molar-refractivity contribution in [2.75, 3.05) is 0 Å². The zero-order valence-electron chi connectivity index (χ0n) is 8.75. The van der Waals surface area contributed by atoms with Gasteiger partial charge < -0.3 is 0 Å². The third-order valence-electron chi connectivity index (χ3n) is 2.37. The van der Waals surface area contributed by atoms with Crippen LogP contribution < -0.4 is 0 Å². The predicted octanol–water partition coefficient (Wildman–Crippen LogP) is 2.97. The van der Waals surface area contributed by atoms with Crippen LogP contribution in [-0.2, 0) is 0 Å². The minimum Gasteiger partial charge on any atom is -0.258 e. The number of aryl methyl sites for hydroxylation is 1. The fourth-order valence-corrected chi connectivity index (χ4v) is 1.64. The quantitative estimate of drug-likeness (QED) is 0.570. The highest BCUT2D eigenvalue weighted by Crippen LogP contribution is 2.30. The Kier molecular flexibility index (Phi) is 2.64. The summed E-state index contributed by atoms with van der Waals surface area (Å²) in [6.45, 7) is 1.64. The first kappa shape index (κ1) is 10.3. The third-order valence-corrected chi connectivity index (χ3v) is 2.37. The van der Waals surface area contributed by atoms with Gasteiger partial charge in [0, 0.05) is 6.20 Å². The Hall–Kier alpha value is -2.23. The number of pyridine rings is 1. The second-order valence-electron chi connectivity index (χ2n) is 3.42. The molecule has 4 nitrogen and oxygen atoms in total. The molecule has 0 aliphatic carbocycles. The number of hydrogen-bond donors (Lipinski definition) is 0. The topological polar surface area (TPSA) is 56.0 Å². The summed E-state index contributed by atoms with van der Waals surface area (Å²) < 4.78 is 0. The highest BCUT2D eigenvalue weighted by atomic mass is 16.6. The van der Waals surface area contributed by atoms with Crippen molar-refractivity contribution in [3.63, 3.8) is 0 Å². The van der Waals surface area contributed by atoms with Crippen LogP contribution in [-0.4, -0.2) is 9.91 Å². The lowest BCUT2D eigenvalue weighted by molar-refractivity contribution is -0.385. The Morgan fingerprint density at radius 1 is 1.19 bits per heavy atom. The van der Waals surface area contributed by atoms with Crippen LogP contribution >= 0.6 is 0 Å². The summed E-state index contributed by atoms with van der Waals surface area (Å²) in [5, 5.41) is 11.0. The monoisotopic (exact) mass is 214 g/mol. The van der Waals surface area contributed by atoms with Gasteiger partial charge in [-0.25, -0.2) is 0 Å². The second kappa shape index (κ2) is 4.10. The van der Waals surface area contributed by atoms with E-state index in [0.717, 1.165) is 5.56 Å². The van der Waals surface area contributed by atoms with E-state index in [9.17, 15) is 10.1 Å². The molecule has 0 bridgehead atoms. The molecule has 1 aromatic heterocycles. The molecule has 0 amide bonds. The zero-order valence-corrected chi connectivity index (χ0v) is 8.75. The number of nitrogens with zero attached hydrogens (tertiary/aromatic N) is 2. The van der Waals surface area contributed by atoms with E-state index in [2.05, 4.69) is 4.98 Å². The normalized spacial score (nSPS) is 10.1. The molecule has 0 radical (unpaired) electrons. The fourth-order valence-electron chi connectivity index (χ4n) is 1.64. The SMILES string of the molecule is Cc1nccc(-c2ccccc2)c1[N+](=O)[O-]. The van der Waals surface area contributed by atoms with Gasteiger partial charge in [-0.3, -0.25) is 15.1 Å². The van der Waals surface area contributed by atoms with Crippen molar-refractivity contribution in [1.82, 2.24) is 4.98 Å². The molecule has 0 aliphatic rings. The second-order valence-corrected chi connectivity index (χ2v) is 3.42. The molecule has 0 fully saturated rings. The fraction of sp³-hybridized carbons (Fsp3) is 0.0833. The van der Waals surface area contributed by atoms with Crippen LogP contribution in [0.1, 0.15) is 5.69 Å². The van der Waals surface area contributed by atoms with E-state index in [0.29, 0.717) is 11.3 Å². The molecule has 0 N–H and O–H groups in total. The molecular weight excluding hydrogens is 204 g/mol. The molecule has 0 saturated carbocycles. The van der Waals surface area contributed by atoms with Gasteiger partial charge >= 0.3 is 0 Å². The van der Waals surface area contributed by atoms with Crippen molar-refractivity contribution in [2.45, 2.75) is 6.92 Å². The maximum Gasteiger partial charge on any atom is 0.298 e. The van der Waals surface area contributed by atoms with Crippen LogP contribution in [0.4, 0.5) is 5.69 Å². The lowest BCUT2D eigenvalue weighted by atomic mass is 10.0. The summed E-state index contributed by atoms with van der Waals surface area (Å²) in [6.07, 6.45) is 1.59. The molecule has 0 saturated heterocycles. The Bertz CT molecular complexity index is 524. The molecule has 1 aromatic carbocycles. The van der Waals surface area contributed by atoms with E-state index in [-0.39, 0.29) is 10.6 Å². The number of aromatic nitrogens is 1. The highest BCUT2D eigenvalue weighted by Gasteiger charge is 2.18. The number of hydrogen-bond acceptors (Lipinski definition) is 3. The van der Waals surface area contributed by atoms with Crippen molar-refractivity contribution in [2.24, 2.45) is 0 Å². The van der Waals surface area contributed by atoms with Crippen molar-refractivity contribution in [3.05, 3.63) is 58.4 Å². The van der Waals surface area contributed by atoms with Gasteiger partial charge in [0.25, 0.3) is 5.69 Å². The molecule has 80 valence electrons. The largest absolute Gasteiger partial charge is 0.298 e. The minimum absolute atomic E-state index is 0.0775. The molecule has 0 aliphatic heterocycles. The average Bonchev–Trinajstić information content (AvgIpc) is 2.29. The smallest absolute Gasteiger partial charge is 0.258 e. The molecule has 4 heteroatoms. The van der Waals surface area contributed by atoms with Crippen LogP contribution in [0.5, 0.6) is 0 Å². The van der Waals surface area contributed by atoms with Gasteiger partial charge in [0.1, 0.15) is 5.69 Å². The molecule has 1 heterocycles. The van der Waals surface area contributed by atoms with E-state index in [1.807, 2.05) is 30.3 Å². The maximum atomic E-state index is 11.0. The standard InChI is InChI=1S/C12H10N2O2/c1-9-12(14(15)16)11(7-8-13-9)10-5-3-2-4-6-10/h2-8H,1H3. The minimum atomic E-state index is -0.384. The van der Waals surface area contributed by atoms with Gasteiger partial charge in [0.05, 0.1) is 10.5 Å². The Morgan fingerprint density at radius 2 is 1.88 bits per heavy atom. The molecule has 16 heavy (non-hydrogen) atoms. The van der Waals surface area contributed by atoms with Gasteiger partial charge in [-0.2, -0.15) is 0 Å². The number of nitro groups is 1. The first-order valence-electron chi connectivity index (χ1n) is 4.85. The predicted molar refractivity (Wildman–Crippen MR) is 61.1 cm³/mol. The third kappa shape index (κ3) is 1.77. The van der Waals surface area contributed by atoms with Crippen LogP contribution in [0.25, 0.3) is 11.1 Å². The molecular formula is C12H10N2O2. The van der Waals surface area contributed by atoms with Gasteiger partial charge in [0.15, 0.2) is 0 Å². The van der Waals surface area contributed by atoms with E-state index in [1.165, 1.54) is 0 Å².